The minimum atomic E-state index is -1.05. The molecular weight excluding hydrogens is 386 g/mol. The zero-order valence-corrected chi connectivity index (χ0v) is 19.2. The Balaban J connectivity index is 2.11. The van der Waals surface area contributed by atoms with Crippen LogP contribution in [0, 0.1) is 17.8 Å². The highest BCUT2D eigenvalue weighted by atomic mass is 16.5. The Morgan fingerprint density at radius 3 is 2.40 bits per heavy atom. The summed E-state index contributed by atoms with van der Waals surface area (Å²) >= 11 is 0. The van der Waals surface area contributed by atoms with Gasteiger partial charge in [0.25, 0.3) is 0 Å². The molecular formula is C22H37N3O5. The number of amides is 3. The molecule has 0 radical (unpaired) electrons. The van der Waals surface area contributed by atoms with Crippen molar-refractivity contribution in [1.82, 2.24) is 15.5 Å². The van der Waals surface area contributed by atoms with Gasteiger partial charge in [0.05, 0.1) is 30.1 Å². The second-order valence-corrected chi connectivity index (χ2v) is 10.8. The molecule has 30 heavy (non-hydrogen) atoms. The monoisotopic (exact) mass is 423 g/mol. The van der Waals surface area contributed by atoms with Crippen LogP contribution in [0.5, 0.6) is 0 Å². The maximum atomic E-state index is 13.8. The van der Waals surface area contributed by atoms with Gasteiger partial charge in [-0.05, 0) is 52.9 Å². The summed E-state index contributed by atoms with van der Waals surface area (Å²) in [7, 11) is 1.56. The van der Waals surface area contributed by atoms with Crippen molar-refractivity contribution < 1.29 is 24.2 Å². The van der Waals surface area contributed by atoms with Gasteiger partial charge in [-0.15, -0.1) is 0 Å². The number of nitrogens with one attached hydrogen (secondary N) is 2. The van der Waals surface area contributed by atoms with Gasteiger partial charge in [0, 0.05) is 12.6 Å². The average Bonchev–Trinajstić information content (AvgIpc) is 3.18. The second-order valence-electron chi connectivity index (χ2n) is 10.8. The quantitative estimate of drug-likeness (QED) is 0.586. The second kappa shape index (κ2) is 7.48. The van der Waals surface area contributed by atoms with Crippen LogP contribution in [0.15, 0.2) is 0 Å². The number of hydrogen-bond donors (Lipinski definition) is 3. The Kier molecular flexibility index (Phi) is 5.74. The third-order valence-corrected chi connectivity index (χ3v) is 6.84. The molecule has 2 bridgehead atoms. The molecule has 8 nitrogen and oxygen atoms in total. The van der Waals surface area contributed by atoms with Crippen LogP contribution in [0.1, 0.15) is 60.8 Å². The first-order valence-electron chi connectivity index (χ1n) is 11.0. The fraction of sp³-hybridized carbons (Fsp3) is 0.864. The molecule has 3 N–H and O–H groups in total. The number of ether oxygens (including phenoxy) is 1. The first-order valence-corrected chi connectivity index (χ1v) is 11.0. The van der Waals surface area contributed by atoms with Crippen LogP contribution in [0.25, 0.3) is 0 Å². The van der Waals surface area contributed by atoms with Crippen LogP contribution in [0.2, 0.25) is 0 Å². The molecule has 3 saturated heterocycles. The summed E-state index contributed by atoms with van der Waals surface area (Å²) in [5.41, 5.74) is -2.32. The third kappa shape index (κ3) is 3.42. The number of fused-ring (bicyclic) bond motifs is 1. The van der Waals surface area contributed by atoms with E-state index in [-0.39, 0.29) is 30.2 Å². The van der Waals surface area contributed by atoms with Gasteiger partial charge in [-0.25, -0.2) is 0 Å². The fourth-order valence-corrected chi connectivity index (χ4v) is 5.87. The number of rotatable bonds is 6. The van der Waals surface area contributed by atoms with Crippen molar-refractivity contribution in [3.8, 4) is 0 Å². The number of likely N-dealkylation sites (tertiary alicyclic amines) is 1. The minimum absolute atomic E-state index is 0.226. The third-order valence-electron chi connectivity index (χ3n) is 6.84. The lowest BCUT2D eigenvalue weighted by Crippen LogP contribution is -2.60. The van der Waals surface area contributed by atoms with E-state index in [0.29, 0.717) is 19.3 Å². The molecule has 6 atom stereocenters. The summed E-state index contributed by atoms with van der Waals surface area (Å²) in [6, 6.07) is -1.38. The van der Waals surface area contributed by atoms with Gasteiger partial charge in [-0.1, -0.05) is 13.8 Å². The molecule has 1 spiro atoms. The van der Waals surface area contributed by atoms with E-state index < -0.39 is 40.7 Å². The standard InChI is InChI=1S/C22H37N3O5/c1-12(2)10-13(11-26)25-16(18(28)24-20(3,4)5)22-9-8-21(6,30-22)14(17(27)23-7)15(22)19(25)29/h12-16,26H,8-11H2,1-7H3,(H,23,27)(H,24,28)/t13-,14+,15+,16?,21-,22?/m1/s1. The SMILES string of the molecule is CNC(=O)[C@@H]1[C@H]2C(=O)N([C@@H](CO)CC(C)C)C(C(=O)NC(C)(C)C)C23CC[C@@]1(C)O3. The van der Waals surface area contributed by atoms with Crippen molar-refractivity contribution in [3.05, 3.63) is 0 Å². The van der Waals surface area contributed by atoms with E-state index in [9.17, 15) is 19.5 Å². The summed E-state index contributed by atoms with van der Waals surface area (Å²) in [5, 5.41) is 15.8. The first kappa shape index (κ1) is 23.0. The molecule has 2 unspecified atom stereocenters. The normalized spacial score (nSPS) is 36.2. The van der Waals surface area contributed by atoms with Gasteiger partial charge in [0.15, 0.2) is 0 Å². The van der Waals surface area contributed by atoms with Crippen LogP contribution >= 0.6 is 0 Å². The Labute approximate surface area is 179 Å². The van der Waals surface area contributed by atoms with Gasteiger partial charge >= 0.3 is 0 Å². The molecule has 0 aromatic heterocycles. The van der Waals surface area contributed by atoms with Crippen molar-refractivity contribution in [2.24, 2.45) is 17.8 Å². The molecule has 0 aromatic carbocycles. The maximum absolute atomic E-state index is 13.8. The van der Waals surface area contributed by atoms with Gasteiger partial charge in [-0.2, -0.15) is 0 Å². The van der Waals surface area contributed by atoms with Crippen molar-refractivity contribution in [2.75, 3.05) is 13.7 Å². The van der Waals surface area contributed by atoms with E-state index in [1.54, 1.807) is 7.05 Å². The van der Waals surface area contributed by atoms with Gasteiger partial charge < -0.3 is 25.4 Å². The summed E-state index contributed by atoms with van der Waals surface area (Å²) in [6.45, 7) is 11.3. The van der Waals surface area contributed by atoms with Crippen LogP contribution in [-0.2, 0) is 19.1 Å². The molecule has 3 amide bonds. The Morgan fingerprint density at radius 2 is 1.90 bits per heavy atom. The molecule has 3 aliphatic rings. The lowest BCUT2D eigenvalue weighted by molar-refractivity contribution is -0.150. The summed E-state index contributed by atoms with van der Waals surface area (Å²) in [4.78, 5) is 41.7. The molecule has 170 valence electrons. The molecule has 3 heterocycles. The Bertz CT molecular complexity index is 733. The summed E-state index contributed by atoms with van der Waals surface area (Å²) in [5.74, 6) is -1.95. The highest BCUT2D eigenvalue weighted by Crippen LogP contribution is 2.63. The van der Waals surface area contributed by atoms with E-state index in [1.807, 2.05) is 41.5 Å². The Morgan fingerprint density at radius 1 is 1.27 bits per heavy atom. The summed E-state index contributed by atoms with van der Waals surface area (Å²) in [6.07, 6.45) is 1.70. The maximum Gasteiger partial charge on any atom is 0.246 e. The zero-order chi connectivity index (χ0) is 22.6. The van der Waals surface area contributed by atoms with Crippen molar-refractivity contribution >= 4 is 17.7 Å². The van der Waals surface area contributed by atoms with E-state index in [0.717, 1.165) is 0 Å². The van der Waals surface area contributed by atoms with Crippen molar-refractivity contribution in [1.29, 1.82) is 0 Å². The topological polar surface area (TPSA) is 108 Å². The number of carbonyl (C=O) groups excluding carboxylic acids is 3. The Hall–Kier alpha value is -1.67. The fourth-order valence-electron chi connectivity index (χ4n) is 5.87. The van der Waals surface area contributed by atoms with Crippen LogP contribution in [0.4, 0.5) is 0 Å². The van der Waals surface area contributed by atoms with Crippen LogP contribution in [0.3, 0.4) is 0 Å². The van der Waals surface area contributed by atoms with E-state index in [2.05, 4.69) is 10.6 Å². The van der Waals surface area contributed by atoms with Gasteiger partial charge in [-0.3, -0.25) is 14.4 Å². The molecule has 3 rings (SSSR count). The van der Waals surface area contributed by atoms with Crippen LogP contribution in [-0.4, -0.2) is 70.2 Å². The predicted octanol–water partition coefficient (Wildman–Crippen LogP) is 0.819. The number of aliphatic hydroxyl groups is 1. The molecule has 3 aliphatic heterocycles. The molecule has 0 saturated carbocycles. The lowest BCUT2D eigenvalue weighted by atomic mass is 9.66. The molecule has 0 aliphatic carbocycles. The number of carbonyl (C=O) groups is 3. The highest BCUT2D eigenvalue weighted by Gasteiger charge is 2.78. The van der Waals surface area contributed by atoms with Crippen molar-refractivity contribution in [3.63, 3.8) is 0 Å². The van der Waals surface area contributed by atoms with E-state index >= 15 is 0 Å². The van der Waals surface area contributed by atoms with Crippen molar-refractivity contribution in [2.45, 2.75) is 89.6 Å². The van der Waals surface area contributed by atoms with Gasteiger partial charge in [0.1, 0.15) is 11.6 Å². The largest absolute Gasteiger partial charge is 0.394 e. The predicted molar refractivity (Wildman–Crippen MR) is 111 cm³/mol. The molecule has 8 heteroatoms. The number of aliphatic hydroxyl groups excluding tert-OH is 1. The summed E-state index contributed by atoms with van der Waals surface area (Å²) < 4.78 is 6.49. The zero-order valence-electron chi connectivity index (χ0n) is 19.2. The lowest BCUT2D eigenvalue weighted by Gasteiger charge is -2.39. The van der Waals surface area contributed by atoms with E-state index in [1.165, 1.54) is 4.90 Å². The first-order chi connectivity index (χ1) is 13.8. The highest BCUT2D eigenvalue weighted by molar-refractivity contribution is 5.99. The minimum Gasteiger partial charge on any atom is -0.394 e. The average molecular weight is 424 g/mol. The molecule has 0 aromatic rings. The smallest absolute Gasteiger partial charge is 0.246 e. The number of nitrogens with zero attached hydrogens (tertiary/aromatic N) is 1. The molecule has 3 fully saturated rings. The van der Waals surface area contributed by atoms with Crippen LogP contribution < -0.4 is 10.6 Å². The van der Waals surface area contributed by atoms with E-state index in [4.69, 9.17) is 4.74 Å². The number of hydrogen-bond acceptors (Lipinski definition) is 5. The van der Waals surface area contributed by atoms with Gasteiger partial charge in [0.2, 0.25) is 17.7 Å².